The van der Waals surface area contributed by atoms with Crippen molar-refractivity contribution in [2.45, 2.75) is 24.8 Å². The summed E-state index contributed by atoms with van der Waals surface area (Å²) in [7, 11) is 0. The third kappa shape index (κ3) is 2.94. The standard InChI is InChI=1S/C19H18FN3O2/c20-16-4-2-1-3-15(16)18-23-22-17(25-18)13-5-6-14-10-19(21,11-24)8-7-12(14)9-13/h1-6,9,24H,7-8,10-11,21H2. The molecular formula is C19H18FN3O2. The highest BCUT2D eigenvalue weighted by Gasteiger charge is 2.30. The van der Waals surface area contributed by atoms with Gasteiger partial charge in [-0.2, -0.15) is 0 Å². The molecule has 3 aromatic rings. The van der Waals surface area contributed by atoms with Crippen molar-refractivity contribution >= 4 is 0 Å². The number of benzene rings is 2. The Kier molecular flexibility index (Phi) is 3.86. The molecule has 0 saturated carbocycles. The van der Waals surface area contributed by atoms with E-state index in [-0.39, 0.29) is 18.1 Å². The highest BCUT2D eigenvalue weighted by molar-refractivity contribution is 5.60. The maximum absolute atomic E-state index is 13.9. The van der Waals surface area contributed by atoms with Crippen molar-refractivity contribution in [3.05, 3.63) is 59.4 Å². The molecule has 0 bridgehead atoms. The molecule has 0 amide bonds. The molecule has 1 aromatic heterocycles. The zero-order valence-electron chi connectivity index (χ0n) is 13.6. The van der Waals surface area contributed by atoms with Gasteiger partial charge in [-0.05, 0) is 54.7 Å². The molecule has 1 aliphatic carbocycles. The zero-order chi connectivity index (χ0) is 17.4. The van der Waals surface area contributed by atoms with Gasteiger partial charge in [0.1, 0.15) is 5.82 Å². The summed E-state index contributed by atoms with van der Waals surface area (Å²) in [6.07, 6.45) is 2.15. The molecule has 0 saturated heterocycles. The average Bonchev–Trinajstić information content (AvgIpc) is 3.11. The van der Waals surface area contributed by atoms with E-state index in [4.69, 9.17) is 10.2 Å². The molecule has 1 atom stereocenters. The predicted octanol–water partition coefficient (Wildman–Crippen LogP) is 2.72. The Bertz CT molecular complexity index is 925. The van der Waals surface area contributed by atoms with Crippen molar-refractivity contribution in [2.24, 2.45) is 5.73 Å². The van der Waals surface area contributed by atoms with Gasteiger partial charge in [0.25, 0.3) is 5.89 Å². The van der Waals surface area contributed by atoms with Crippen LogP contribution in [0.15, 0.2) is 46.9 Å². The number of nitrogens with zero attached hydrogens (tertiary/aromatic N) is 2. The number of hydrogen-bond acceptors (Lipinski definition) is 5. The molecule has 25 heavy (non-hydrogen) atoms. The van der Waals surface area contributed by atoms with Crippen LogP contribution in [-0.2, 0) is 12.8 Å². The smallest absolute Gasteiger partial charge is 0.251 e. The summed E-state index contributed by atoms with van der Waals surface area (Å²) in [5.74, 6) is 0.117. The second-order valence-electron chi connectivity index (χ2n) is 6.57. The highest BCUT2D eigenvalue weighted by atomic mass is 19.1. The number of fused-ring (bicyclic) bond motifs is 1. The monoisotopic (exact) mass is 339 g/mol. The normalized spacial score (nSPS) is 19.6. The third-order valence-electron chi connectivity index (χ3n) is 4.73. The van der Waals surface area contributed by atoms with Crippen LogP contribution < -0.4 is 5.73 Å². The summed E-state index contributed by atoms with van der Waals surface area (Å²) in [4.78, 5) is 0. The van der Waals surface area contributed by atoms with Gasteiger partial charge in [-0.25, -0.2) is 4.39 Å². The van der Waals surface area contributed by atoms with Crippen LogP contribution in [-0.4, -0.2) is 27.4 Å². The molecule has 1 unspecified atom stereocenters. The van der Waals surface area contributed by atoms with E-state index < -0.39 is 11.4 Å². The van der Waals surface area contributed by atoms with E-state index in [0.717, 1.165) is 29.5 Å². The first kappa shape index (κ1) is 15.9. The number of nitrogens with two attached hydrogens (primary N) is 1. The molecule has 3 N–H and O–H groups in total. The van der Waals surface area contributed by atoms with E-state index in [9.17, 15) is 9.50 Å². The van der Waals surface area contributed by atoms with Gasteiger partial charge in [0.15, 0.2) is 0 Å². The van der Waals surface area contributed by atoms with Crippen molar-refractivity contribution in [3.8, 4) is 22.9 Å². The van der Waals surface area contributed by atoms with Crippen LogP contribution in [0, 0.1) is 5.82 Å². The minimum Gasteiger partial charge on any atom is -0.416 e. The molecule has 6 heteroatoms. The van der Waals surface area contributed by atoms with Crippen LogP contribution in [0.5, 0.6) is 0 Å². The largest absolute Gasteiger partial charge is 0.416 e. The maximum Gasteiger partial charge on any atom is 0.251 e. The Balaban J connectivity index is 1.65. The summed E-state index contributed by atoms with van der Waals surface area (Å²) in [6.45, 7) is -0.0240. The van der Waals surface area contributed by atoms with E-state index in [2.05, 4.69) is 10.2 Å². The molecule has 0 aliphatic heterocycles. The Morgan fingerprint density at radius 3 is 2.72 bits per heavy atom. The van der Waals surface area contributed by atoms with Gasteiger partial charge >= 0.3 is 0 Å². The van der Waals surface area contributed by atoms with Gasteiger partial charge in [-0.3, -0.25) is 0 Å². The molecule has 128 valence electrons. The number of aliphatic hydroxyl groups is 1. The number of aromatic nitrogens is 2. The SMILES string of the molecule is NC1(CO)CCc2cc(-c3nnc(-c4ccccc4F)o3)ccc2C1. The topological polar surface area (TPSA) is 85.2 Å². The minimum absolute atomic E-state index is 0.0240. The van der Waals surface area contributed by atoms with E-state index in [1.54, 1.807) is 18.2 Å². The number of rotatable bonds is 3. The van der Waals surface area contributed by atoms with Crippen molar-refractivity contribution in [3.63, 3.8) is 0 Å². The van der Waals surface area contributed by atoms with Gasteiger partial charge in [0.2, 0.25) is 5.89 Å². The van der Waals surface area contributed by atoms with Crippen molar-refractivity contribution in [1.29, 1.82) is 0 Å². The lowest BCUT2D eigenvalue weighted by atomic mass is 9.78. The predicted molar refractivity (Wildman–Crippen MR) is 91.2 cm³/mol. The first-order chi connectivity index (χ1) is 12.1. The van der Waals surface area contributed by atoms with Crippen molar-refractivity contribution < 1.29 is 13.9 Å². The minimum atomic E-state index is -0.545. The Labute approximate surface area is 144 Å². The zero-order valence-corrected chi connectivity index (χ0v) is 13.6. The van der Waals surface area contributed by atoms with Gasteiger partial charge < -0.3 is 15.3 Å². The summed E-state index contributed by atoms with van der Waals surface area (Å²) < 4.78 is 19.5. The van der Waals surface area contributed by atoms with E-state index in [0.29, 0.717) is 12.3 Å². The Morgan fingerprint density at radius 1 is 1.12 bits per heavy atom. The number of aliphatic hydroxyl groups excluding tert-OH is 1. The lowest BCUT2D eigenvalue weighted by Gasteiger charge is -2.33. The van der Waals surface area contributed by atoms with Gasteiger partial charge in [0.05, 0.1) is 12.2 Å². The second-order valence-corrected chi connectivity index (χ2v) is 6.57. The number of aryl methyl sites for hydroxylation is 1. The summed E-state index contributed by atoms with van der Waals surface area (Å²) >= 11 is 0. The molecule has 2 aromatic carbocycles. The van der Waals surface area contributed by atoms with Crippen molar-refractivity contribution in [2.75, 3.05) is 6.61 Å². The summed E-state index contributed by atoms with van der Waals surface area (Å²) in [5.41, 5.74) is 9.00. The molecule has 4 rings (SSSR count). The Hall–Kier alpha value is -2.57. The fourth-order valence-corrected chi connectivity index (χ4v) is 3.23. The van der Waals surface area contributed by atoms with Crippen LogP contribution in [0.25, 0.3) is 22.9 Å². The number of halogens is 1. The van der Waals surface area contributed by atoms with Crippen LogP contribution in [0.1, 0.15) is 17.5 Å². The molecule has 0 fully saturated rings. The molecular weight excluding hydrogens is 321 g/mol. The molecule has 1 heterocycles. The summed E-state index contributed by atoms with van der Waals surface area (Å²) in [6, 6.07) is 12.2. The lowest BCUT2D eigenvalue weighted by molar-refractivity contribution is 0.181. The molecule has 5 nitrogen and oxygen atoms in total. The van der Waals surface area contributed by atoms with E-state index in [1.807, 2.05) is 18.2 Å². The summed E-state index contributed by atoms with van der Waals surface area (Å²) in [5, 5.41) is 17.5. The fourth-order valence-electron chi connectivity index (χ4n) is 3.23. The van der Waals surface area contributed by atoms with Crippen molar-refractivity contribution in [1.82, 2.24) is 10.2 Å². The highest BCUT2D eigenvalue weighted by Crippen LogP contribution is 2.31. The van der Waals surface area contributed by atoms with E-state index >= 15 is 0 Å². The van der Waals surface area contributed by atoms with Crippen LogP contribution in [0.3, 0.4) is 0 Å². The second kappa shape index (κ2) is 6.06. The fraction of sp³-hybridized carbons (Fsp3) is 0.263. The average molecular weight is 339 g/mol. The Morgan fingerprint density at radius 2 is 1.92 bits per heavy atom. The van der Waals surface area contributed by atoms with Crippen LogP contribution >= 0.6 is 0 Å². The third-order valence-corrected chi connectivity index (χ3v) is 4.73. The van der Waals surface area contributed by atoms with Crippen LogP contribution in [0.4, 0.5) is 4.39 Å². The van der Waals surface area contributed by atoms with Gasteiger partial charge in [-0.1, -0.05) is 18.2 Å². The van der Waals surface area contributed by atoms with Crippen LogP contribution in [0.2, 0.25) is 0 Å². The molecule has 0 spiro atoms. The lowest BCUT2D eigenvalue weighted by Crippen LogP contribution is -2.48. The van der Waals surface area contributed by atoms with Gasteiger partial charge in [0, 0.05) is 11.1 Å². The molecule has 0 radical (unpaired) electrons. The van der Waals surface area contributed by atoms with Gasteiger partial charge in [-0.15, -0.1) is 10.2 Å². The van der Waals surface area contributed by atoms with E-state index in [1.165, 1.54) is 6.07 Å². The first-order valence-electron chi connectivity index (χ1n) is 8.18. The quantitative estimate of drug-likeness (QED) is 0.766. The first-order valence-corrected chi connectivity index (χ1v) is 8.18. The number of hydrogen-bond donors (Lipinski definition) is 2. The molecule has 1 aliphatic rings. The maximum atomic E-state index is 13.9.